The summed E-state index contributed by atoms with van der Waals surface area (Å²) in [5.41, 5.74) is -1.66. The first-order valence-corrected chi connectivity index (χ1v) is 9.20. The van der Waals surface area contributed by atoms with Gasteiger partial charge in [0, 0.05) is 23.3 Å². The van der Waals surface area contributed by atoms with Gasteiger partial charge in [0.2, 0.25) is 0 Å². The highest BCUT2D eigenvalue weighted by molar-refractivity contribution is 5.59. The summed E-state index contributed by atoms with van der Waals surface area (Å²) in [6.45, 7) is 1.34. The van der Waals surface area contributed by atoms with Crippen molar-refractivity contribution in [2.45, 2.75) is 25.0 Å². The standard InChI is InChI=1S/C21H16F4N4O2/c1-12(20-8-19(28-31-20)13-2-5-16(23)18(25)6-13)21(30,9-29-11-26-10-27-29)15-4-3-14(22)7-17(15)24/h2-8,10-12,30H,9H2,1H3/t12-,21+/m0/s1. The molecule has 4 rings (SSSR count). The van der Waals surface area contributed by atoms with Crippen LogP contribution in [-0.4, -0.2) is 25.0 Å². The maximum Gasteiger partial charge on any atom is 0.159 e. The molecule has 2 aromatic heterocycles. The van der Waals surface area contributed by atoms with Gasteiger partial charge in [0.15, 0.2) is 11.6 Å². The first-order valence-electron chi connectivity index (χ1n) is 9.20. The molecule has 4 aromatic rings. The van der Waals surface area contributed by atoms with E-state index in [1.165, 1.54) is 29.5 Å². The number of hydrogen-bond acceptors (Lipinski definition) is 5. The van der Waals surface area contributed by atoms with Gasteiger partial charge in [0.1, 0.15) is 41.3 Å². The molecule has 0 fully saturated rings. The number of benzene rings is 2. The lowest BCUT2D eigenvalue weighted by Crippen LogP contribution is -2.38. The molecule has 0 aliphatic rings. The monoisotopic (exact) mass is 432 g/mol. The van der Waals surface area contributed by atoms with E-state index in [0.29, 0.717) is 6.07 Å². The molecule has 0 aliphatic carbocycles. The van der Waals surface area contributed by atoms with Crippen LogP contribution in [-0.2, 0) is 12.1 Å². The minimum atomic E-state index is -1.93. The third kappa shape index (κ3) is 3.93. The summed E-state index contributed by atoms with van der Waals surface area (Å²) in [7, 11) is 0. The molecule has 2 heterocycles. The van der Waals surface area contributed by atoms with Gasteiger partial charge in [-0.25, -0.2) is 27.2 Å². The second-order valence-corrected chi connectivity index (χ2v) is 7.11. The molecule has 2 aromatic carbocycles. The Morgan fingerprint density at radius 1 is 1.03 bits per heavy atom. The SMILES string of the molecule is C[C@@H](c1cc(-c2ccc(F)c(F)c2)no1)[C@](O)(Cn1cncn1)c1ccc(F)cc1F. The molecule has 10 heteroatoms. The lowest BCUT2D eigenvalue weighted by atomic mass is 9.80. The first-order chi connectivity index (χ1) is 14.8. The number of aliphatic hydroxyl groups is 1. The number of aromatic nitrogens is 4. The van der Waals surface area contributed by atoms with Crippen LogP contribution >= 0.6 is 0 Å². The average molecular weight is 432 g/mol. The van der Waals surface area contributed by atoms with Crippen molar-refractivity contribution in [3.05, 3.63) is 89.7 Å². The van der Waals surface area contributed by atoms with Crippen LogP contribution in [0.15, 0.2) is 59.6 Å². The second kappa shape index (κ2) is 7.95. The van der Waals surface area contributed by atoms with Crippen LogP contribution in [0.2, 0.25) is 0 Å². The van der Waals surface area contributed by atoms with Gasteiger partial charge in [-0.2, -0.15) is 5.10 Å². The number of hydrogen-bond donors (Lipinski definition) is 1. The van der Waals surface area contributed by atoms with Crippen LogP contribution in [0.4, 0.5) is 17.6 Å². The minimum Gasteiger partial charge on any atom is -0.382 e. The summed E-state index contributed by atoms with van der Waals surface area (Å²) in [5, 5.41) is 19.4. The third-order valence-electron chi connectivity index (χ3n) is 5.15. The molecule has 160 valence electrons. The van der Waals surface area contributed by atoms with E-state index >= 15 is 0 Å². The Labute approximate surface area is 173 Å². The molecule has 0 unspecified atom stereocenters. The third-order valence-corrected chi connectivity index (χ3v) is 5.15. The summed E-state index contributed by atoms with van der Waals surface area (Å²) in [5.74, 6) is -4.55. The van der Waals surface area contributed by atoms with Gasteiger partial charge in [-0.15, -0.1) is 0 Å². The molecule has 2 atom stereocenters. The van der Waals surface area contributed by atoms with Crippen LogP contribution < -0.4 is 0 Å². The smallest absolute Gasteiger partial charge is 0.159 e. The van der Waals surface area contributed by atoms with Crippen molar-refractivity contribution < 1.29 is 27.2 Å². The van der Waals surface area contributed by atoms with Gasteiger partial charge in [0.25, 0.3) is 0 Å². The van der Waals surface area contributed by atoms with Gasteiger partial charge in [-0.05, 0) is 24.3 Å². The Bertz CT molecular complexity index is 1210. The Hall–Kier alpha value is -3.53. The van der Waals surface area contributed by atoms with Crippen LogP contribution in [0, 0.1) is 23.3 Å². The van der Waals surface area contributed by atoms with Gasteiger partial charge in [0.05, 0.1) is 12.5 Å². The fourth-order valence-electron chi connectivity index (χ4n) is 3.38. The van der Waals surface area contributed by atoms with Crippen LogP contribution in [0.5, 0.6) is 0 Å². The molecule has 1 N–H and O–H groups in total. The summed E-state index contributed by atoms with van der Waals surface area (Å²) < 4.78 is 61.5. The zero-order chi connectivity index (χ0) is 22.2. The maximum absolute atomic E-state index is 14.6. The largest absolute Gasteiger partial charge is 0.382 e. The van der Waals surface area contributed by atoms with Crippen molar-refractivity contribution in [2.24, 2.45) is 0 Å². The van der Waals surface area contributed by atoms with Crippen molar-refractivity contribution in [1.29, 1.82) is 0 Å². The molecule has 0 amide bonds. The predicted octanol–water partition coefficient (Wildman–Crippen LogP) is 4.18. The predicted molar refractivity (Wildman–Crippen MR) is 101 cm³/mol. The molecule has 0 spiro atoms. The lowest BCUT2D eigenvalue weighted by Gasteiger charge is -2.33. The van der Waals surface area contributed by atoms with Crippen LogP contribution in [0.3, 0.4) is 0 Å². The van der Waals surface area contributed by atoms with Crippen LogP contribution in [0.25, 0.3) is 11.3 Å². The Morgan fingerprint density at radius 3 is 2.52 bits per heavy atom. The topological polar surface area (TPSA) is 77.0 Å². The van der Waals surface area contributed by atoms with E-state index in [1.807, 2.05) is 0 Å². The van der Waals surface area contributed by atoms with Crippen molar-refractivity contribution in [2.75, 3.05) is 0 Å². The van der Waals surface area contributed by atoms with Gasteiger partial charge < -0.3 is 9.63 Å². The number of rotatable bonds is 6. The van der Waals surface area contributed by atoms with E-state index in [1.54, 1.807) is 6.92 Å². The van der Waals surface area contributed by atoms with Crippen molar-refractivity contribution in [1.82, 2.24) is 19.9 Å². The van der Waals surface area contributed by atoms with Gasteiger partial charge in [-0.1, -0.05) is 18.1 Å². The summed E-state index contributed by atoms with van der Waals surface area (Å²) >= 11 is 0. The van der Waals surface area contributed by atoms with Crippen molar-refractivity contribution in [3.8, 4) is 11.3 Å². The summed E-state index contributed by atoms with van der Waals surface area (Å²) in [4.78, 5) is 3.81. The molecule has 0 saturated heterocycles. The molecule has 0 radical (unpaired) electrons. The average Bonchev–Trinajstić information content (AvgIpc) is 3.41. The molecule has 31 heavy (non-hydrogen) atoms. The number of nitrogens with zero attached hydrogens (tertiary/aromatic N) is 4. The molecule has 6 nitrogen and oxygen atoms in total. The van der Waals surface area contributed by atoms with Gasteiger partial charge in [-0.3, -0.25) is 0 Å². The minimum absolute atomic E-state index is 0.145. The zero-order valence-corrected chi connectivity index (χ0v) is 16.1. The molecule has 0 bridgehead atoms. The number of halogens is 4. The van der Waals surface area contributed by atoms with Gasteiger partial charge >= 0.3 is 0 Å². The molecular formula is C21H16F4N4O2. The normalized spacial score (nSPS) is 14.4. The summed E-state index contributed by atoms with van der Waals surface area (Å²) in [6, 6.07) is 7.52. The van der Waals surface area contributed by atoms with E-state index in [-0.39, 0.29) is 29.1 Å². The van der Waals surface area contributed by atoms with E-state index in [9.17, 15) is 22.7 Å². The maximum atomic E-state index is 14.6. The van der Waals surface area contributed by atoms with E-state index in [4.69, 9.17) is 4.52 Å². The Balaban J connectivity index is 1.75. The fraction of sp³-hybridized carbons (Fsp3) is 0.190. The molecule has 0 aliphatic heterocycles. The highest BCUT2D eigenvalue weighted by Crippen LogP contribution is 2.40. The fourth-order valence-corrected chi connectivity index (χ4v) is 3.38. The molecule has 0 saturated carbocycles. The highest BCUT2D eigenvalue weighted by Gasteiger charge is 2.42. The lowest BCUT2D eigenvalue weighted by molar-refractivity contribution is -0.0181. The highest BCUT2D eigenvalue weighted by atomic mass is 19.2. The van der Waals surface area contributed by atoms with E-state index in [2.05, 4.69) is 15.2 Å². The van der Waals surface area contributed by atoms with Crippen molar-refractivity contribution >= 4 is 0 Å². The van der Waals surface area contributed by atoms with Crippen LogP contribution in [0.1, 0.15) is 24.2 Å². The zero-order valence-electron chi connectivity index (χ0n) is 16.1. The van der Waals surface area contributed by atoms with E-state index in [0.717, 1.165) is 24.3 Å². The van der Waals surface area contributed by atoms with Crippen molar-refractivity contribution in [3.63, 3.8) is 0 Å². The quantitative estimate of drug-likeness (QED) is 0.463. The Morgan fingerprint density at radius 2 is 1.84 bits per heavy atom. The Kier molecular flexibility index (Phi) is 5.32. The molecular weight excluding hydrogens is 416 g/mol. The second-order valence-electron chi connectivity index (χ2n) is 7.11. The van der Waals surface area contributed by atoms with E-state index < -0.39 is 34.8 Å². The summed E-state index contributed by atoms with van der Waals surface area (Å²) in [6.07, 6.45) is 2.59. The first kappa shape index (κ1) is 20.7.